The smallest absolute Gasteiger partial charge is 0.245 e. The van der Waals surface area contributed by atoms with Crippen molar-refractivity contribution >= 4 is 5.95 Å². The summed E-state index contributed by atoms with van der Waals surface area (Å²) in [6, 6.07) is 1.87. The largest absolute Gasteiger partial charge is 0.340 e. The second kappa shape index (κ2) is 6.62. The SMILES string of the molecule is CCNCC1CCN(c2n[nH]c(-c3ccnnc3)n2)CC1. The lowest BCUT2D eigenvalue weighted by Crippen LogP contribution is -2.37. The zero-order chi connectivity index (χ0) is 14.5. The summed E-state index contributed by atoms with van der Waals surface area (Å²) in [5.41, 5.74) is 0.908. The quantitative estimate of drug-likeness (QED) is 0.856. The van der Waals surface area contributed by atoms with E-state index in [1.165, 1.54) is 12.8 Å². The molecule has 0 saturated carbocycles. The van der Waals surface area contributed by atoms with Crippen LogP contribution in [0.3, 0.4) is 0 Å². The van der Waals surface area contributed by atoms with Gasteiger partial charge in [0.25, 0.3) is 0 Å². The van der Waals surface area contributed by atoms with Crippen LogP contribution in [-0.2, 0) is 0 Å². The van der Waals surface area contributed by atoms with E-state index in [1.54, 1.807) is 12.4 Å². The Morgan fingerprint density at radius 1 is 1.33 bits per heavy atom. The summed E-state index contributed by atoms with van der Waals surface area (Å²) >= 11 is 0. The predicted molar refractivity (Wildman–Crippen MR) is 80.9 cm³/mol. The van der Waals surface area contributed by atoms with Crippen LogP contribution in [0.15, 0.2) is 18.5 Å². The van der Waals surface area contributed by atoms with Crippen molar-refractivity contribution in [1.29, 1.82) is 0 Å². The zero-order valence-corrected chi connectivity index (χ0v) is 12.3. The second-order valence-corrected chi connectivity index (χ2v) is 5.35. The number of piperidine rings is 1. The number of hydrogen-bond acceptors (Lipinski definition) is 6. The maximum Gasteiger partial charge on any atom is 0.245 e. The topological polar surface area (TPSA) is 82.6 Å². The van der Waals surface area contributed by atoms with E-state index in [2.05, 4.69) is 42.5 Å². The van der Waals surface area contributed by atoms with E-state index in [9.17, 15) is 0 Å². The second-order valence-electron chi connectivity index (χ2n) is 5.35. The molecule has 112 valence electrons. The lowest BCUT2D eigenvalue weighted by molar-refractivity contribution is 0.384. The molecule has 0 bridgehead atoms. The summed E-state index contributed by atoms with van der Waals surface area (Å²) in [4.78, 5) is 6.81. The fraction of sp³-hybridized carbons (Fsp3) is 0.571. The van der Waals surface area contributed by atoms with E-state index >= 15 is 0 Å². The minimum absolute atomic E-state index is 0.745. The van der Waals surface area contributed by atoms with Gasteiger partial charge in [-0.15, -0.1) is 5.10 Å². The molecular weight excluding hydrogens is 266 g/mol. The highest BCUT2D eigenvalue weighted by Crippen LogP contribution is 2.22. The molecule has 0 atom stereocenters. The van der Waals surface area contributed by atoms with Crippen LogP contribution < -0.4 is 10.2 Å². The van der Waals surface area contributed by atoms with Crippen molar-refractivity contribution in [3.63, 3.8) is 0 Å². The molecule has 0 spiro atoms. The van der Waals surface area contributed by atoms with Crippen molar-refractivity contribution < 1.29 is 0 Å². The van der Waals surface area contributed by atoms with Crippen LogP contribution in [0.2, 0.25) is 0 Å². The molecule has 1 saturated heterocycles. The molecule has 7 nitrogen and oxygen atoms in total. The predicted octanol–water partition coefficient (Wildman–Crippen LogP) is 1.09. The third kappa shape index (κ3) is 3.36. The maximum atomic E-state index is 4.57. The molecule has 2 N–H and O–H groups in total. The number of anilines is 1. The lowest BCUT2D eigenvalue weighted by Gasteiger charge is -2.31. The van der Waals surface area contributed by atoms with Gasteiger partial charge in [0.2, 0.25) is 5.95 Å². The van der Waals surface area contributed by atoms with Gasteiger partial charge in [0.05, 0.1) is 12.4 Å². The Kier molecular flexibility index (Phi) is 4.40. The molecule has 2 aromatic heterocycles. The van der Waals surface area contributed by atoms with Crippen LogP contribution in [-0.4, -0.2) is 51.6 Å². The Labute approximate surface area is 124 Å². The fourth-order valence-corrected chi connectivity index (χ4v) is 2.64. The Balaban J connectivity index is 1.60. The molecule has 0 aliphatic carbocycles. The molecule has 7 heteroatoms. The molecule has 3 heterocycles. The highest BCUT2D eigenvalue weighted by atomic mass is 15.4. The van der Waals surface area contributed by atoms with E-state index in [0.717, 1.165) is 49.4 Å². The van der Waals surface area contributed by atoms with Gasteiger partial charge in [-0.1, -0.05) is 6.92 Å². The van der Waals surface area contributed by atoms with E-state index in [0.29, 0.717) is 0 Å². The highest BCUT2D eigenvalue weighted by Gasteiger charge is 2.21. The van der Waals surface area contributed by atoms with Crippen LogP contribution >= 0.6 is 0 Å². The normalized spacial score (nSPS) is 16.3. The maximum absolute atomic E-state index is 4.57. The molecule has 0 amide bonds. The molecule has 0 aromatic carbocycles. The van der Waals surface area contributed by atoms with Crippen molar-refractivity contribution in [2.75, 3.05) is 31.1 Å². The molecule has 0 unspecified atom stereocenters. The number of aromatic nitrogens is 5. The van der Waals surface area contributed by atoms with Crippen LogP contribution in [0.4, 0.5) is 5.95 Å². The van der Waals surface area contributed by atoms with Gasteiger partial charge in [-0.25, -0.2) is 0 Å². The summed E-state index contributed by atoms with van der Waals surface area (Å²) < 4.78 is 0. The minimum Gasteiger partial charge on any atom is -0.340 e. The monoisotopic (exact) mass is 287 g/mol. The summed E-state index contributed by atoms with van der Waals surface area (Å²) in [5.74, 6) is 2.29. The number of aromatic amines is 1. The van der Waals surface area contributed by atoms with Gasteiger partial charge in [-0.2, -0.15) is 15.2 Å². The number of hydrogen-bond donors (Lipinski definition) is 2. The first kappa shape index (κ1) is 13.9. The minimum atomic E-state index is 0.745. The first-order chi connectivity index (χ1) is 10.4. The Morgan fingerprint density at radius 2 is 2.19 bits per heavy atom. The van der Waals surface area contributed by atoms with Gasteiger partial charge < -0.3 is 10.2 Å². The summed E-state index contributed by atoms with van der Waals surface area (Å²) in [6.45, 7) is 6.35. The van der Waals surface area contributed by atoms with E-state index in [1.807, 2.05) is 6.07 Å². The molecule has 1 aliphatic heterocycles. The molecule has 2 aromatic rings. The highest BCUT2D eigenvalue weighted by molar-refractivity contribution is 5.54. The lowest BCUT2D eigenvalue weighted by atomic mass is 9.97. The van der Waals surface area contributed by atoms with Crippen LogP contribution in [0.25, 0.3) is 11.4 Å². The van der Waals surface area contributed by atoms with Crippen LogP contribution in [0.5, 0.6) is 0 Å². The van der Waals surface area contributed by atoms with Gasteiger partial charge in [0.15, 0.2) is 5.82 Å². The van der Waals surface area contributed by atoms with Crippen molar-refractivity contribution in [3.8, 4) is 11.4 Å². The average Bonchev–Trinajstić information content (AvgIpc) is 3.04. The molecule has 21 heavy (non-hydrogen) atoms. The average molecular weight is 287 g/mol. The Morgan fingerprint density at radius 3 is 2.90 bits per heavy atom. The Hall–Kier alpha value is -2.02. The molecule has 3 rings (SSSR count). The first-order valence-electron chi connectivity index (χ1n) is 7.52. The van der Waals surface area contributed by atoms with Crippen LogP contribution in [0, 0.1) is 5.92 Å². The fourth-order valence-electron chi connectivity index (χ4n) is 2.64. The molecule has 1 aliphatic rings. The van der Waals surface area contributed by atoms with Crippen molar-refractivity contribution in [3.05, 3.63) is 18.5 Å². The zero-order valence-electron chi connectivity index (χ0n) is 12.3. The van der Waals surface area contributed by atoms with Gasteiger partial charge >= 0.3 is 0 Å². The summed E-state index contributed by atoms with van der Waals surface area (Å²) in [5, 5.41) is 18.4. The third-order valence-electron chi connectivity index (χ3n) is 3.91. The van der Waals surface area contributed by atoms with Gasteiger partial charge in [-0.3, -0.25) is 5.10 Å². The molecule has 1 fully saturated rings. The number of nitrogens with one attached hydrogen (secondary N) is 2. The molecular formula is C14H21N7. The van der Waals surface area contributed by atoms with E-state index < -0.39 is 0 Å². The summed E-state index contributed by atoms with van der Waals surface area (Å²) in [7, 11) is 0. The van der Waals surface area contributed by atoms with E-state index in [-0.39, 0.29) is 0 Å². The van der Waals surface area contributed by atoms with Gasteiger partial charge in [0.1, 0.15) is 0 Å². The third-order valence-corrected chi connectivity index (χ3v) is 3.91. The number of nitrogens with zero attached hydrogens (tertiary/aromatic N) is 5. The number of H-pyrrole nitrogens is 1. The first-order valence-corrected chi connectivity index (χ1v) is 7.52. The summed E-state index contributed by atoms with van der Waals surface area (Å²) in [6.07, 6.45) is 5.72. The molecule has 0 radical (unpaired) electrons. The Bertz CT molecular complexity index is 545. The van der Waals surface area contributed by atoms with Gasteiger partial charge in [-0.05, 0) is 37.9 Å². The van der Waals surface area contributed by atoms with Crippen molar-refractivity contribution in [2.24, 2.45) is 5.92 Å². The number of rotatable bonds is 5. The standard InChI is InChI=1S/C14H21N7/c1-2-15-9-11-4-7-21(8-5-11)14-18-13(19-20-14)12-3-6-16-17-10-12/h3,6,10-11,15H,2,4-5,7-9H2,1H3,(H,18,19,20). The van der Waals surface area contributed by atoms with Crippen molar-refractivity contribution in [1.82, 2.24) is 30.7 Å². The van der Waals surface area contributed by atoms with E-state index in [4.69, 9.17) is 0 Å². The van der Waals surface area contributed by atoms with Gasteiger partial charge in [0, 0.05) is 18.7 Å². The van der Waals surface area contributed by atoms with Crippen molar-refractivity contribution in [2.45, 2.75) is 19.8 Å². The van der Waals surface area contributed by atoms with Crippen LogP contribution in [0.1, 0.15) is 19.8 Å².